The third kappa shape index (κ3) is 5.27. The zero-order valence-corrected chi connectivity index (χ0v) is 19.9. The Morgan fingerprint density at radius 3 is 2.43 bits per heavy atom. The highest BCUT2D eigenvalue weighted by atomic mass is 16.2. The van der Waals surface area contributed by atoms with Crippen molar-refractivity contribution in [2.24, 2.45) is 0 Å². The second-order valence-corrected chi connectivity index (χ2v) is 9.50. The molecule has 2 unspecified atom stereocenters. The van der Waals surface area contributed by atoms with E-state index in [1.165, 1.54) is 5.56 Å². The van der Waals surface area contributed by atoms with Gasteiger partial charge in [0.25, 0.3) is 0 Å². The number of aromatic nitrogens is 2. The lowest BCUT2D eigenvalue weighted by Gasteiger charge is -2.29. The molecule has 0 aliphatic carbocycles. The van der Waals surface area contributed by atoms with Crippen molar-refractivity contribution in [3.63, 3.8) is 0 Å². The Labute approximate surface area is 205 Å². The van der Waals surface area contributed by atoms with Gasteiger partial charge in [-0.3, -0.25) is 9.59 Å². The topological polar surface area (TPSA) is 86.9 Å². The minimum atomic E-state index is -0.398. The van der Waals surface area contributed by atoms with Crippen LogP contribution in [0.4, 0.5) is 0 Å². The molecule has 5 rings (SSSR count). The number of para-hydroxylation sites is 2. The molecule has 0 spiro atoms. The van der Waals surface area contributed by atoms with Crippen molar-refractivity contribution in [3.05, 3.63) is 90.3 Å². The van der Waals surface area contributed by atoms with Crippen molar-refractivity contribution in [2.45, 2.75) is 50.6 Å². The van der Waals surface area contributed by atoms with Crippen LogP contribution in [0.2, 0.25) is 0 Å². The summed E-state index contributed by atoms with van der Waals surface area (Å²) in [5.41, 5.74) is 4.94. The van der Waals surface area contributed by atoms with Gasteiger partial charge in [0.15, 0.2) is 0 Å². The van der Waals surface area contributed by atoms with E-state index in [1.54, 1.807) is 0 Å². The molecule has 0 bridgehead atoms. The van der Waals surface area contributed by atoms with Gasteiger partial charge in [0, 0.05) is 18.4 Å². The number of amides is 2. The lowest BCUT2D eigenvalue weighted by Crippen LogP contribution is -2.44. The Kier molecular flexibility index (Phi) is 6.36. The Morgan fingerprint density at radius 2 is 1.71 bits per heavy atom. The van der Waals surface area contributed by atoms with Crippen molar-refractivity contribution >= 4 is 22.8 Å². The molecule has 1 aromatic heterocycles. The normalized spacial score (nSPS) is 18.4. The molecule has 3 aromatic carbocycles. The maximum Gasteiger partial charge on any atom is 0.220 e. The minimum absolute atomic E-state index is 0.0436. The fraction of sp³-hybridized carbons (Fsp3) is 0.276. The van der Waals surface area contributed by atoms with E-state index in [1.807, 2.05) is 49.4 Å². The number of nitrogens with one attached hydrogen (secondary N) is 3. The van der Waals surface area contributed by atoms with Crippen LogP contribution < -0.4 is 10.6 Å². The van der Waals surface area contributed by atoms with Gasteiger partial charge >= 0.3 is 0 Å². The van der Waals surface area contributed by atoms with Crippen LogP contribution in [-0.4, -0.2) is 27.3 Å². The Balaban J connectivity index is 1.22. The van der Waals surface area contributed by atoms with Crippen LogP contribution in [0, 0.1) is 0 Å². The van der Waals surface area contributed by atoms with Crippen LogP contribution in [0.3, 0.4) is 0 Å². The van der Waals surface area contributed by atoms with Crippen LogP contribution >= 0.6 is 0 Å². The van der Waals surface area contributed by atoms with Crippen LogP contribution in [-0.2, 0) is 16.0 Å². The first kappa shape index (κ1) is 22.8. The lowest BCUT2D eigenvalue weighted by atomic mass is 9.84. The summed E-state index contributed by atoms with van der Waals surface area (Å²) in [5, 5.41) is 6.24. The number of hydrogen-bond donors (Lipinski definition) is 3. The predicted octanol–water partition coefficient (Wildman–Crippen LogP) is 5.08. The van der Waals surface area contributed by atoms with Crippen molar-refractivity contribution in [1.29, 1.82) is 0 Å². The summed E-state index contributed by atoms with van der Waals surface area (Å²) in [5.74, 6) is 0.752. The highest BCUT2D eigenvalue weighted by Gasteiger charge is 2.38. The van der Waals surface area contributed by atoms with Crippen molar-refractivity contribution in [1.82, 2.24) is 20.6 Å². The highest BCUT2D eigenvalue weighted by molar-refractivity contribution is 5.80. The first-order valence-corrected chi connectivity index (χ1v) is 12.2. The van der Waals surface area contributed by atoms with E-state index in [9.17, 15) is 9.59 Å². The molecule has 4 aromatic rings. The number of fused-ring (bicyclic) bond motifs is 1. The van der Waals surface area contributed by atoms with E-state index in [2.05, 4.69) is 57.0 Å². The maximum absolute atomic E-state index is 12.8. The smallest absolute Gasteiger partial charge is 0.220 e. The van der Waals surface area contributed by atoms with Gasteiger partial charge in [0.2, 0.25) is 11.8 Å². The Morgan fingerprint density at radius 1 is 1.00 bits per heavy atom. The van der Waals surface area contributed by atoms with E-state index in [0.29, 0.717) is 25.7 Å². The van der Waals surface area contributed by atoms with Crippen LogP contribution in [0.5, 0.6) is 0 Å². The van der Waals surface area contributed by atoms with Crippen LogP contribution in [0.15, 0.2) is 78.9 Å². The number of benzene rings is 3. The summed E-state index contributed by atoms with van der Waals surface area (Å²) in [7, 11) is 0. The largest absolute Gasteiger partial charge is 0.350 e. The molecule has 6 nitrogen and oxygen atoms in total. The second kappa shape index (κ2) is 9.74. The predicted molar refractivity (Wildman–Crippen MR) is 138 cm³/mol. The van der Waals surface area contributed by atoms with Gasteiger partial charge in [-0.15, -0.1) is 0 Å². The number of hydrogen-bond acceptors (Lipinski definition) is 3. The molecule has 3 N–H and O–H groups in total. The SMILES string of the molecule is CC(NC(=O)CCC1(Cc2ccc(-c3ccccc3)cc2)CCC(=O)N1)c1nc2ccccc2[nH]1. The Bertz CT molecular complexity index is 1300. The van der Waals surface area contributed by atoms with Gasteiger partial charge in [0.05, 0.1) is 17.1 Å². The lowest BCUT2D eigenvalue weighted by molar-refractivity contribution is -0.123. The number of nitrogens with zero attached hydrogens (tertiary/aromatic N) is 1. The maximum atomic E-state index is 12.8. The number of carbonyl (C=O) groups is 2. The fourth-order valence-corrected chi connectivity index (χ4v) is 4.93. The average molecular weight is 467 g/mol. The second-order valence-electron chi connectivity index (χ2n) is 9.50. The third-order valence-electron chi connectivity index (χ3n) is 6.86. The van der Waals surface area contributed by atoms with E-state index >= 15 is 0 Å². The number of rotatable bonds is 8. The monoisotopic (exact) mass is 466 g/mol. The van der Waals surface area contributed by atoms with E-state index < -0.39 is 5.54 Å². The van der Waals surface area contributed by atoms with Crippen molar-refractivity contribution < 1.29 is 9.59 Å². The zero-order valence-electron chi connectivity index (χ0n) is 19.9. The molecule has 178 valence electrons. The molecule has 1 saturated heterocycles. The quantitative estimate of drug-likeness (QED) is 0.338. The summed E-state index contributed by atoms with van der Waals surface area (Å²) < 4.78 is 0. The van der Waals surface area contributed by atoms with Crippen LogP contribution in [0.25, 0.3) is 22.2 Å². The molecule has 6 heteroatoms. The fourth-order valence-electron chi connectivity index (χ4n) is 4.93. The molecule has 2 heterocycles. The van der Waals surface area contributed by atoms with E-state index in [4.69, 9.17) is 0 Å². The summed E-state index contributed by atoms with van der Waals surface area (Å²) in [6.45, 7) is 1.93. The number of carbonyl (C=O) groups excluding carboxylic acids is 2. The van der Waals surface area contributed by atoms with Crippen molar-refractivity contribution in [3.8, 4) is 11.1 Å². The van der Waals surface area contributed by atoms with E-state index in [-0.39, 0.29) is 17.9 Å². The standard InChI is InChI=1S/C29H30N4O2/c1-20(28-31-24-9-5-6-10-25(24)32-28)30-26(34)15-17-29(18-16-27(35)33-29)19-21-11-13-23(14-12-21)22-7-3-2-4-8-22/h2-14,20H,15-19H2,1H3,(H,30,34)(H,31,32)(H,33,35). The van der Waals surface area contributed by atoms with Gasteiger partial charge in [-0.2, -0.15) is 0 Å². The first-order valence-electron chi connectivity index (χ1n) is 12.2. The molecule has 2 amide bonds. The number of H-pyrrole nitrogens is 1. The van der Waals surface area contributed by atoms with E-state index in [0.717, 1.165) is 34.4 Å². The number of imidazole rings is 1. The molecular weight excluding hydrogens is 436 g/mol. The van der Waals surface area contributed by atoms with Crippen LogP contribution in [0.1, 0.15) is 50.0 Å². The van der Waals surface area contributed by atoms with Gasteiger partial charge in [-0.05, 0) is 55.0 Å². The first-order chi connectivity index (χ1) is 17.0. The highest BCUT2D eigenvalue weighted by Crippen LogP contribution is 2.30. The molecular formula is C29H30N4O2. The average Bonchev–Trinajstić information content (AvgIpc) is 3.48. The molecule has 0 saturated carbocycles. The molecule has 0 radical (unpaired) electrons. The summed E-state index contributed by atoms with van der Waals surface area (Å²) in [6.07, 6.45) is 2.88. The minimum Gasteiger partial charge on any atom is -0.350 e. The summed E-state index contributed by atoms with van der Waals surface area (Å²) in [4.78, 5) is 32.8. The molecule has 1 aliphatic rings. The molecule has 1 fully saturated rings. The zero-order chi connectivity index (χ0) is 24.3. The van der Waals surface area contributed by atoms with Gasteiger partial charge in [-0.1, -0.05) is 66.7 Å². The summed E-state index contributed by atoms with van der Waals surface area (Å²) in [6, 6.07) is 26.4. The molecule has 35 heavy (non-hydrogen) atoms. The molecule has 1 aliphatic heterocycles. The summed E-state index contributed by atoms with van der Waals surface area (Å²) >= 11 is 0. The third-order valence-corrected chi connectivity index (χ3v) is 6.86. The van der Waals surface area contributed by atoms with Gasteiger partial charge in [0.1, 0.15) is 5.82 Å². The van der Waals surface area contributed by atoms with Crippen molar-refractivity contribution in [2.75, 3.05) is 0 Å². The Hall–Kier alpha value is -3.93. The van der Waals surface area contributed by atoms with Gasteiger partial charge < -0.3 is 15.6 Å². The molecule has 2 atom stereocenters. The number of aromatic amines is 1. The van der Waals surface area contributed by atoms with Gasteiger partial charge in [-0.25, -0.2) is 4.98 Å².